The van der Waals surface area contributed by atoms with E-state index in [4.69, 9.17) is 38.6 Å². The monoisotopic (exact) mass is 939 g/mol. The highest BCUT2D eigenvalue weighted by molar-refractivity contribution is 5.74. The first-order valence-electron chi connectivity index (χ1n) is 23.7. The molecule has 1 rings (SSSR count). The number of hydrogen-bond acceptors (Lipinski definition) is 14. The van der Waals surface area contributed by atoms with Crippen LogP contribution in [0, 0.1) is 65.1 Å². The van der Waals surface area contributed by atoms with Crippen molar-refractivity contribution in [1.29, 1.82) is 0 Å². The van der Waals surface area contributed by atoms with Gasteiger partial charge in [-0.3, -0.25) is 19.2 Å². The van der Waals surface area contributed by atoms with E-state index < -0.39 is 12.1 Å². The van der Waals surface area contributed by atoms with E-state index in [0.29, 0.717) is 49.4 Å². The van der Waals surface area contributed by atoms with Gasteiger partial charge in [0.2, 0.25) is 0 Å². The molecule has 0 amide bonds. The first kappa shape index (κ1) is 71.2. The molecule has 1 aliphatic rings. The van der Waals surface area contributed by atoms with Crippen LogP contribution in [-0.4, -0.2) is 105 Å². The maximum absolute atomic E-state index is 11.4. The van der Waals surface area contributed by atoms with E-state index >= 15 is 0 Å². The largest absolute Gasteiger partial charge is 0.469 e. The van der Waals surface area contributed by atoms with Crippen LogP contribution in [0.2, 0.25) is 0 Å². The maximum atomic E-state index is 11.4. The Morgan fingerprint density at radius 2 is 0.969 bits per heavy atom. The second-order valence-corrected chi connectivity index (χ2v) is 19.8. The molecule has 14 heteroatoms. The van der Waals surface area contributed by atoms with Crippen LogP contribution in [0.3, 0.4) is 0 Å². The van der Waals surface area contributed by atoms with Crippen molar-refractivity contribution < 1.29 is 67.3 Å². The topological polar surface area (TPSA) is 190 Å². The molecule has 1 fully saturated rings. The maximum Gasteiger partial charge on any atom is 0.334 e. The molecule has 390 valence electrons. The normalized spacial score (nSPS) is 15.0. The molecule has 0 aliphatic carbocycles. The van der Waals surface area contributed by atoms with E-state index in [9.17, 15) is 24.0 Å². The van der Waals surface area contributed by atoms with Crippen LogP contribution in [0.25, 0.3) is 0 Å². The molecule has 1 heterocycles. The van der Waals surface area contributed by atoms with E-state index in [-0.39, 0.29) is 74.0 Å². The lowest BCUT2D eigenvalue weighted by molar-refractivity contribution is -0.263. The number of ether oxygens (including phenoxy) is 7. The number of rotatable bonds is 22. The highest BCUT2D eigenvalue weighted by atomic mass is 16.7. The quantitative estimate of drug-likeness (QED) is 0.0770. The van der Waals surface area contributed by atoms with E-state index in [2.05, 4.69) is 53.2 Å². The molecule has 0 radical (unpaired) electrons. The summed E-state index contributed by atoms with van der Waals surface area (Å²) in [4.78, 5) is 54.6. The second kappa shape index (κ2) is 41.4. The van der Waals surface area contributed by atoms with Crippen molar-refractivity contribution in [3.8, 4) is 0 Å². The first-order valence-corrected chi connectivity index (χ1v) is 23.7. The van der Waals surface area contributed by atoms with Gasteiger partial charge < -0.3 is 43.4 Å². The Morgan fingerprint density at radius 3 is 1.22 bits per heavy atom. The molecule has 0 aromatic heterocycles. The number of esters is 5. The Balaban J connectivity index is -0.000000237. The molecular weight excluding hydrogens is 837 g/mol. The van der Waals surface area contributed by atoms with Crippen molar-refractivity contribution in [1.82, 2.24) is 0 Å². The lowest BCUT2D eigenvalue weighted by atomic mass is 9.96. The Bertz CT molecular complexity index is 1140. The average Bonchev–Trinajstić information content (AvgIpc) is 3.19. The van der Waals surface area contributed by atoms with E-state index in [0.717, 1.165) is 50.7 Å². The molecule has 14 nitrogen and oxygen atoms in total. The molecular formula is C51H102O14. The number of methoxy groups -OCH3 is 1. The summed E-state index contributed by atoms with van der Waals surface area (Å²) >= 11 is 0. The summed E-state index contributed by atoms with van der Waals surface area (Å²) in [5, 5.41) is 17.8. The molecule has 1 aliphatic heterocycles. The van der Waals surface area contributed by atoms with Gasteiger partial charge in [0, 0.05) is 38.2 Å². The molecule has 65 heavy (non-hydrogen) atoms. The third-order valence-electron chi connectivity index (χ3n) is 9.74. The van der Waals surface area contributed by atoms with Crippen molar-refractivity contribution >= 4 is 29.8 Å². The highest BCUT2D eigenvalue weighted by Gasteiger charge is 2.28. The molecule has 2 N–H and O–H groups in total. The molecule has 2 unspecified atom stereocenters. The SMILES string of the molecule is C.CC(=O)OCC(COC(C)=O)CC(C)C.CC(C)CC(COC(=O)C(C)C)COC(=O)[C@@H](C)O.CC(C)CC1COC(C)(C)OC1.CCC(CO)CC(C)C.COC(=O)[C@@H](C)C(C)C. The number of aliphatic hydroxyl groups is 2. The molecule has 4 atom stereocenters. The molecule has 0 spiro atoms. The number of aliphatic hydroxyl groups excluding tert-OH is 2. The van der Waals surface area contributed by atoms with Crippen molar-refractivity contribution in [2.45, 2.75) is 183 Å². The van der Waals surface area contributed by atoms with Gasteiger partial charge in [0.15, 0.2) is 5.79 Å². The van der Waals surface area contributed by atoms with Crippen LogP contribution < -0.4 is 0 Å². The van der Waals surface area contributed by atoms with E-state index in [1.807, 2.05) is 48.5 Å². The lowest BCUT2D eigenvalue weighted by Gasteiger charge is -2.35. The van der Waals surface area contributed by atoms with Gasteiger partial charge in [-0.25, -0.2) is 4.79 Å². The van der Waals surface area contributed by atoms with Gasteiger partial charge in [0.05, 0.1) is 58.6 Å². The van der Waals surface area contributed by atoms with Gasteiger partial charge in [-0.05, 0) is 82.0 Å². The van der Waals surface area contributed by atoms with Gasteiger partial charge in [0.1, 0.15) is 6.10 Å². The first-order chi connectivity index (χ1) is 29.4. The molecule has 0 bridgehead atoms. The molecule has 0 aromatic rings. The fourth-order valence-corrected chi connectivity index (χ4v) is 5.88. The van der Waals surface area contributed by atoms with Gasteiger partial charge in [-0.1, -0.05) is 111 Å². The van der Waals surface area contributed by atoms with Crippen LogP contribution in [0.15, 0.2) is 0 Å². The summed E-state index contributed by atoms with van der Waals surface area (Å²) in [5.74, 6) is 1.80. The summed E-state index contributed by atoms with van der Waals surface area (Å²) in [5.41, 5.74) is 0. The zero-order valence-corrected chi connectivity index (χ0v) is 44.2. The Hall–Kier alpha value is -2.81. The molecule has 0 aromatic carbocycles. The minimum atomic E-state index is -1.13. The zero-order valence-electron chi connectivity index (χ0n) is 44.2. The van der Waals surface area contributed by atoms with Crippen molar-refractivity contribution in [2.75, 3.05) is 53.4 Å². The average molecular weight is 939 g/mol. The van der Waals surface area contributed by atoms with E-state index in [1.54, 1.807) is 13.8 Å². The van der Waals surface area contributed by atoms with E-state index in [1.165, 1.54) is 34.3 Å². The summed E-state index contributed by atoms with van der Waals surface area (Å²) in [6.45, 7) is 39.8. The zero-order chi connectivity index (χ0) is 50.7. The van der Waals surface area contributed by atoms with Gasteiger partial charge in [-0.2, -0.15) is 0 Å². The van der Waals surface area contributed by atoms with Crippen LogP contribution in [-0.2, 0) is 57.1 Å². The Morgan fingerprint density at radius 1 is 0.600 bits per heavy atom. The third-order valence-corrected chi connectivity index (χ3v) is 9.74. The Labute approximate surface area is 397 Å². The summed E-state index contributed by atoms with van der Waals surface area (Å²) < 4.78 is 35.6. The predicted octanol–water partition coefficient (Wildman–Crippen LogP) is 10.1. The fourth-order valence-electron chi connectivity index (χ4n) is 5.88. The summed E-state index contributed by atoms with van der Waals surface area (Å²) in [6.07, 6.45) is 4.01. The standard InChI is InChI=1S/C14H26O5.C11H20O4.C10H20O2.C8H18O.C7H14O2.CH4/c1-9(2)6-12(7-18-13(16)10(3)4)8-19-14(17)11(5)15;1-8(2)5-11(6-14-9(3)12)7-15-10(4)13;1-8(2)5-9-6-11-10(3,4)12-7-9;1-4-8(6-9)5-7(2)3;1-5(2)6(3)7(8)9-4;/h9-12,15H,6-8H2,1-5H3;8,11H,5-7H2,1-4H3;8-9H,5-7H2,1-4H3;7-9H,4-6H2,1-3H3;5-6H,1-4H3;1H4/t11-,12?;;;;6-;/m1...0./s1. The van der Waals surface area contributed by atoms with Gasteiger partial charge in [-0.15, -0.1) is 0 Å². The summed E-state index contributed by atoms with van der Waals surface area (Å²) in [6, 6.07) is 0. The minimum absolute atomic E-state index is 0. The molecule has 1 saturated heterocycles. The number of hydrogen-bond donors (Lipinski definition) is 2. The van der Waals surface area contributed by atoms with Crippen LogP contribution >= 0.6 is 0 Å². The number of carbonyl (C=O) groups is 5. The van der Waals surface area contributed by atoms with Crippen LogP contribution in [0.4, 0.5) is 0 Å². The van der Waals surface area contributed by atoms with Crippen molar-refractivity contribution in [2.24, 2.45) is 65.1 Å². The Kier molecular flexibility index (Phi) is 45.3. The number of carbonyl (C=O) groups excluding carboxylic acids is 5. The third kappa shape index (κ3) is 47.5. The predicted molar refractivity (Wildman–Crippen MR) is 260 cm³/mol. The highest BCUT2D eigenvalue weighted by Crippen LogP contribution is 2.24. The second-order valence-electron chi connectivity index (χ2n) is 19.8. The van der Waals surface area contributed by atoms with Gasteiger partial charge in [0.25, 0.3) is 0 Å². The minimum Gasteiger partial charge on any atom is -0.469 e. The molecule has 0 saturated carbocycles. The van der Waals surface area contributed by atoms with Crippen molar-refractivity contribution in [3.05, 3.63) is 0 Å². The smallest absolute Gasteiger partial charge is 0.334 e. The van der Waals surface area contributed by atoms with Crippen molar-refractivity contribution in [3.63, 3.8) is 0 Å². The van der Waals surface area contributed by atoms with Gasteiger partial charge >= 0.3 is 29.8 Å². The fraction of sp³-hybridized carbons (Fsp3) is 0.902. The summed E-state index contributed by atoms with van der Waals surface area (Å²) in [7, 11) is 1.42. The van der Waals surface area contributed by atoms with Crippen LogP contribution in [0.5, 0.6) is 0 Å². The lowest BCUT2D eigenvalue weighted by Crippen LogP contribution is -2.39. The van der Waals surface area contributed by atoms with Crippen LogP contribution in [0.1, 0.15) is 171 Å².